The van der Waals surface area contributed by atoms with Gasteiger partial charge in [-0.2, -0.15) is 0 Å². The van der Waals surface area contributed by atoms with E-state index in [0.29, 0.717) is 21.9 Å². The van der Waals surface area contributed by atoms with E-state index in [2.05, 4.69) is 20.7 Å². The van der Waals surface area contributed by atoms with Crippen molar-refractivity contribution in [2.75, 3.05) is 12.4 Å². The zero-order valence-electron chi connectivity index (χ0n) is 9.20. The number of carbonyl (C=O) groups is 2. The summed E-state index contributed by atoms with van der Waals surface area (Å²) < 4.78 is 4.65. The van der Waals surface area contributed by atoms with Crippen LogP contribution >= 0.6 is 27.7 Å². The first-order chi connectivity index (χ1) is 7.67. The summed E-state index contributed by atoms with van der Waals surface area (Å²) in [5, 5.41) is 0.869. The second-order valence-corrected chi connectivity index (χ2v) is 5.50. The number of allylic oxidation sites excluding steroid dienone is 1. The monoisotopic (exact) mass is 306 g/mol. The van der Waals surface area contributed by atoms with Crippen LogP contribution in [0.25, 0.3) is 0 Å². The number of ether oxygens (including phenoxy) is 1. The topological polar surface area (TPSA) is 43.4 Å². The molecule has 16 heavy (non-hydrogen) atoms. The Kier molecular flexibility index (Phi) is 6.13. The number of methoxy groups -OCH3 is 1. The number of thioether (sulfide) groups is 1. The molecule has 0 aromatic heterocycles. The predicted octanol–water partition coefficient (Wildman–Crippen LogP) is 2.68. The van der Waals surface area contributed by atoms with Crippen molar-refractivity contribution < 1.29 is 14.3 Å². The van der Waals surface area contributed by atoms with E-state index in [-0.39, 0.29) is 11.8 Å². The van der Waals surface area contributed by atoms with Gasteiger partial charge < -0.3 is 4.74 Å². The number of hydrogen-bond donors (Lipinski definition) is 0. The van der Waals surface area contributed by atoms with Crippen LogP contribution in [0.5, 0.6) is 0 Å². The number of esters is 1. The molecule has 0 amide bonds. The number of halogens is 1. The number of carbonyl (C=O) groups excluding carboxylic acids is 2. The highest BCUT2D eigenvalue weighted by Gasteiger charge is 2.22. The van der Waals surface area contributed by atoms with Gasteiger partial charge in [-0.05, 0) is 19.3 Å². The SMILES string of the molecule is COC(=O)C1=CCC(CCCC(=O)CBr)S1. The van der Waals surface area contributed by atoms with Crippen LogP contribution < -0.4 is 0 Å². The Morgan fingerprint density at radius 2 is 2.38 bits per heavy atom. The normalized spacial score (nSPS) is 19.4. The maximum Gasteiger partial charge on any atom is 0.344 e. The number of ketones is 1. The lowest BCUT2D eigenvalue weighted by molar-refractivity contribution is -0.135. The van der Waals surface area contributed by atoms with Gasteiger partial charge in [0, 0.05) is 11.7 Å². The lowest BCUT2D eigenvalue weighted by atomic mass is 10.1. The van der Waals surface area contributed by atoms with Crippen LogP contribution in [0, 0.1) is 0 Å². The fraction of sp³-hybridized carbons (Fsp3) is 0.636. The molecule has 1 heterocycles. The summed E-state index contributed by atoms with van der Waals surface area (Å²) >= 11 is 4.71. The van der Waals surface area contributed by atoms with Crippen LogP contribution in [0.3, 0.4) is 0 Å². The van der Waals surface area contributed by atoms with Crippen LogP contribution in [-0.4, -0.2) is 29.4 Å². The molecule has 0 fully saturated rings. The predicted molar refractivity (Wildman–Crippen MR) is 68.7 cm³/mol. The Labute approximate surface area is 108 Å². The maximum absolute atomic E-state index is 11.2. The molecule has 0 aromatic rings. The van der Waals surface area contributed by atoms with Gasteiger partial charge in [-0.3, -0.25) is 4.79 Å². The summed E-state index contributed by atoms with van der Waals surface area (Å²) in [5.41, 5.74) is 0. The molecule has 0 saturated carbocycles. The number of rotatable bonds is 6. The minimum Gasteiger partial charge on any atom is -0.465 e. The van der Waals surface area contributed by atoms with Crippen molar-refractivity contribution in [1.82, 2.24) is 0 Å². The standard InChI is InChI=1S/C11H15BrO3S/c1-15-11(14)10-6-5-9(16-10)4-2-3-8(13)7-12/h6,9H,2-5,7H2,1H3. The number of alkyl halides is 1. The fourth-order valence-corrected chi connectivity index (χ4v) is 3.01. The van der Waals surface area contributed by atoms with Gasteiger partial charge >= 0.3 is 5.97 Å². The minimum atomic E-state index is -0.246. The van der Waals surface area contributed by atoms with Gasteiger partial charge in [0.15, 0.2) is 0 Å². The molecular weight excluding hydrogens is 292 g/mol. The van der Waals surface area contributed by atoms with Crippen molar-refractivity contribution in [3.63, 3.8) is 0 Å². The van der Waals surface area contributed by atoms with Crippen molar-refractivity contribution in [2.45, 2.75) is 30.9 Å². The van der Waals surface area contributed by atoms with Crippen LogP contribution in [-0.2, 0) is 14.3 Å². The van der Waals surface area contributed by atoms with Gasteiger partial charge in [0.05, 0.1) is 17.3 Å². The smallest absolute Gasteiger partial charge is 0.344 e. The van der Waals surface area contributed by atoms with E-state index in [1.54, 1.807) is 11.8 Å². The first kappa shape index (κ1) is 13.8. The van der Waals surface area contributed by atoms with Gasteiger partial charge in [-0.25, -0.2) is 4.79 Å². The molecule has 0 radical (unpaired) electrons. The summed E-state index contributed by atoms with van der Waals surface area (Å²) in [6.07, 6.45) is 5.31. The zero-order chi connectivity index (χ0) is 12.0. The highest BCUT2D eigenvalue weighted by Crippen LogP contribution is 2.35. The molecule has 1 atom stereocenters. The summed E-state index contributed by atoms with van der Waals surface area (Å²) in [5.74, 6) is -0.00631. The molecule has 0 aliphatic carbocycles. The van der Waals surface area contributed by atoms with Gasteiger partial charge in [-0.1, -0.05) is 22.0 Å². The second kappa shape index (κ2) is 7.12. The molecule has 0 saturated heterocycles. The first-order valence-corrected chi connectivity index (χ1v) is 7.20. The molecule has 1 aliphatic heterocycles. The van der Waals surface area contributed by atoms with E-state index >= 15 is 0 Å². The van der Waals surface area contributed by atoms with Crippen LogP contribution in [0.15, 0.2) is 11.0 Å². The molecular formula is C11H15BrO3S. The fourth-order valence-electron chi connectivity index (χ4n) is 1.52. The largest absolute Gasteiger partial charge is 0.465 e. The Bertz CT molecular complexity index is 302. The van der Waals surface area contributed by atoms with E-state index in [0.717, 1.165) is 19.3 Å². The van der Waals surface area contributed by atoms with Crippen molar-refractivity contribution in [3.8, 4) is 0 Å². The first-order valence-electron chi connectivity index (χ1n) is 5.20. The third-order valence-electron chi connectivity index (χ3n) is 2.38. The highest BCUT2D eigenvalue weighted by molar-refractivity contribution is 9.09. The molecule has 0 bridgehead atoms. The molecule has 3 nitrogen and oxygen atoms in total. The van der Waals surface area contributed by atoms with E-state index in [1.807, 2.05) is 6.08 Å². The zero-order valence-corrected chi connectivity index (χ0v) is 11.6. The Balaban J connectivity index is 2.19. The van der Waals surface area contributed by atoms with Crippen molar-refractivity contribution >= 4 is 39.4 Å². The second-order valence-electron chi connectivity index (χ2n) is 3.60. The van der Waals surface area contributed by atoms with Gasteiger partial charge in [0.1, 0.15) is 5.78 Å². The van der Waals surface area contributed by atoms with Gasteiger partial charge in [0.2, 0.25) is 0 Å². The third-order valence-corrected chi connectivity index (χ3v) is 4.35. The molecule has 1 unspecified atom stereocenters. The van der Waals surface area contributed by atoms with E-state index in [9.17, 15) is 9.59 Å². The quantitative estimate of drug-likeness (QED) is 0.559. The molecule has 0 aromatic carbocycles. The number of Topliss-reactive ketones (excluding diaryl/α,β-unsaturated/α-hetero) is 1. The third kappa shape index (κ3) is 4.29. The summed E-state index contributed by atoms with van der Waals surface area (Å²) in [7, 11) is 1.39. The van der Waals surface area contributed by atoms with Gasteiger partial charge in [0.25, 0.3) is 0 Å². The van der Waals surface area contributed by atoms with Crippen molar-refractivity contribution in [3.05, 3.63) is 11.0 Å². The van der Waals surface area contributed by atoms with Crippen LogP contribution in [0.4, 0.5) is 0 Å². The lowest BCUT2D eigenvalue weighted by Gasteiger charge is -2.08. The Morgan fingerprint density at radius 3 is 3.00 bits per heavy atom. The van der Waals surface area contributed by atoms with Crippen LogP contribution in [0.2, 0.25) is 0 Å². The maximum atomic E-state index is 11.2. The highest BCUT2D eigenvalue weighted by atomic mass is 79.9. The van der Waals surface area contributed by atoms with Gasteiger partial charge in [-0.15, -0.1) is 11.8 Å². The molecule has 5 heteroatoms. The summed E-state index contributed by atoms with van der Waals surface area (Å²) in [6, 6.07) is 0. The number of hydrogen-bond acceptors (Lipinski definition) is 4. The molecule has 1 rings (SSSR count). The van der Waals surface area contributed by atoms with E-state index < -0.39 is 0 Å². The summed E-state index contributed by atoms with van der Waals surface area (Å²) in [6.45, 7) is 0. The molecule has 90 valence electrons. The Morgan fingerprint density at radius 1 is 1.62 bits per heavy atom. The average Bonchev–Trinajstić information content (AvgIpc) is 2.76. The van der Waals surface area contributed by atoms with Crippen molar-refractivity contribution in [2.24, 2.45) is 0 Å². The lowest BCUT2D eigenvalue weighted by Crippen LogP contribution is -2.04. The van der Waals surface area contributed by atoms with Crippen LogP contribution in [0.1, 0.15) is 25.7 Å². The molecule has 1 aliphatic rings. The Hall–Kier alpha value is -0.290. The molecule has 0 spiro atoms. The van der Waals surface area contributed by atoms with Crippen molar-refractivity contribution in [1.29, 1.82) is 0 Å². The molecule has 0 N–H and O–H groups in total. The minimum absolute atomic E-state index is 0.240. The summed E-state index contributed by atoms with van der Waals surface area (Å²) in [4.78, 5) is 23.0. The van der Waals surface area contributed by atoms with E-state index in [4.69, 9.17) is 0 Å². The average molecular weight is 307 g/mol. The van der Waals surface area contributed by atoms with E-state index in [1.165, 1.54) is 7.11 Å².